The molecule has 3 heterocycles. The number of amides is 1. The molecular formula is C21H16FN5O. The lowest BCUT2D eigenvalue weighted by Crippen LogP contribution is -2.23. The average Bonchev–Trinajstić information content (AvgIpc) is 3.24. The van der Waals surface area contributed by atoms with E-state index in [0.29, 0.717) is 17.9 Å². The van der Waals surface area contributed by atoms with Crippen molar-refractivity contribution >= 4 is 5.91 Å². The number of nitrogens with zero attached hydrogens (tertiary/aromatic N) is 3. The first-order valence-electron chi connectivity index (χ1n) is 8.64. The van der Waals surface area contributed by atoms with Gasteiger partial charge in [0.1, 0.15) is 11.5 Å². The van der Waals surface area contributed by atoms with Gasteiger partial charge in [-0.2, -0.15) is 5.10 Å². The number of H-pyrrole nitrogens is 1. The van der Waals surface area contributed by atoms with Gasteiger partial charge in [0.2, 0.25) is 0 Å². The first kappa shape index (κ1) is 17.5. The van der Waals surface area contributed by atoms with Crippen LogP contribution in [0.5, 0.6) is 0 Å². The number of hydrogen-bond acceptors (Lipinski definition) is 4. The quantitative estimate of drug-likeness (QED) is 0.560. The topological polar surface area (TPSA) is 83.6 Å². The predicted octanol–water partition coefficient (Wildman–Crippen LogP) is 3.60. The number of halogens is 1. The van der Waals surface area contributed by atoms with Crippen molar-refractivity contribution < 1.29 is 9.18 Å². The van der Waals surface area contributed by atoms with Gasteiger partial charge in [-0.15, -0.1) is 0 Å². The molecule has 0 aliphatic rings. The minimum atomic E-state index is -0.319. The highest BCUT2D eigenvalue weighted by atomic mass is 19.1. The lowest BCUT2D eigenvalue weighted by atomic mass is 10.1. The average molecular weight is 373 g/mol. The molecule has 0 saturated carbocycles. The summed E-state index contributed by atoms with van der Waals surface area (Å²) in [5, 5.41) is 9.64. The molecule has 0 aliphatic carbocycles. The van der Waals surface area contributed by atoms with Gasteiger partial charge in [0.25, 0.3) is 5.91 Å². The number of rotatable bonds is 5. The van der Waals surface area contributed by atoms with Gasteiger partial charge in [0.05, 0.1) is 11.4 Å². The minimum Gasteiger partial charge on any atom is -0.347 e. The maximum atomic E-state index is 13.0. The molecule has 0 spiro atoms. The lowest BCUT2D eigenvalue weighted by Gasteiger charge is -2.05. The highest BCUT2D eigenvalue weighted by Gasteiger charge is 2.11. The first-order chi connectivity index (χ1) is 13.7. The van der Waals surface area contributed by atoms with Crippen LogP contribution in [0.15, 0.2) is 73.2 Å². The molecule has 0 atom stereocenters. The zero-order valence-electron chi connectivity index (χ0n) is 14.8. The Hall–Kier alpha value is -3.87. The van der Waals surface area contributed by atoms with Gasteiger partial charge in [-0.25, -0.2) is 4.39 Å². The second-order valence-electron chi connectivity index (χ2n) is 6.15. The van der Waals surface area contributed by atoms with Crippen LogP contribution in [0.1, 0.15) is 16.1 Å². The highest BCUT2D eigenvalue weighted by molar-refractivity contribution is 5.93. The lowest BCUT2D eigenvalue weighted by molar-refractivity contribution is 0.0946. The fraction of sp³-hybridized carbons (Fsp3) is 0.0476. The molecular weight excluding hydrogens is 357 g/mol. The van der Waals surface area contributed by atoms with Gasteiger partial charge < -0.3 is 5.32 Å². The largest absolute Gasteiger partial charge is 0.347 e. The summed E-state index contributed by atoms with van der Waals surface area (Å²) in [6.07, 6.45) is 5.19. The van der Waals surface area contributed by atoms with Crippen molar-refractivity contribution in [2.45, 2.75) is 6.54 Å². The molecule has 3 aromatic heterocycles. The van der Waals surface area contributed by atoms with E-state index in [1.165, 1.54) is 12.1 Å². The number of nitrogens with one attached hydrogen (secondary N) is 2. The summed E-state index contributed by atoms with van der Waals surface area (Å²) in [7, 11) is 0. The molecule has 0 radical (unpaired) electrons. The van der Waals surface area contributed by atoms with Crippen LogP contribution in [0.2, 0.25) is 0 Å². The van der Waals surface area contributed by atoms with Crippen LogP contribution in [-0.2, 0) is 6.54 Å². The molecule has 7 heteroatoms. The third kappa shape index (κ3) is 3.93. The number of pyridine rings is 2. The molecule has 0 unspecified atom stereocenters. The Morgan fingerprint density at radius 2 is 1.86 bits per heavy atom. The van der Waals surface area contributed by atoms with Crippen molar-refractivity contribution in [1.29, 1.82) is 0 Å². The van der Waals surface area contributed by atoms with Gasteiger partial charge in [-0.1, -0.05) is 6.07 Å². The van der Waals surface area contributed by atoms with Crippen molar-refractivity contribution in [1.82, 2.24) is 25.5 Å². The molecule has 1 aromatic carbocycles. The summed E-state index contributed by atoms with van der Waals surface area (Å²) < 4.78 is 13.0. The Morgan fingerprint density at radius 3 is 2.57 bits per heavy atom. The van der Waals surface area contributed by atoms with Crippen molar-refractivity contribution in [2.24, 2.45) is 0 Å². The molecule has 0 saturated heterocycles. The van der Waals surface area contributed by atoms with Crippen LogP contribution in [0.25, 0.3) is 22.5 Å². The Labute approximate surface area is 160 Å². The van der Waals surface area contributed by atoms with Gasteiger partial charge in [0.15, 0.2) is 0 Å². The second-order valence-corrected chi connectivity index (χ2v) is 6.15. The summed E-state index contributed by atoms with van der Waals surface area (Å²) in [6.45, 7) is 0.337. The number of aromatic nitrogens is 4. The normalized spacial score (nSPS) is 10.6. The molecule has 28 heavy (non-hydrogen) atoms. The van der Waals surface area contributed by atoms with E-state index in [1.807, 2.05) is 24.3 Å². The highest BCUT2D eigenvalue weighted by Crippen LogP contribution is 2.18. The smallest absolute Gasteiger partial charge is 0.269 e. The summed E-state index contributed by atoms with van der Waals surface area (Å²) in [5.41, 5.74) is 4.27. The Kier molecular flexibility index (Phi) is 4.88. The van der Waals surface area contributed by atoms with Gasteiger partial charge >= 0.3 is 0 Å². The van der Waals surface area contributed by atoms with E-state index in [4.69, 9.17) is 0 Å². The van der Waals surface area contributed by atoms with E-state index in [0.717, 1.165) is 22.4 Å². The van der Waals surface area contributed by atoms with Crippen molar-refractivity contribution in [3.05, 3.63) is 90.3 Å². The molecule has 0 aliphatic heterocycles. The van der Waals surface area contributed by atoms with Crippen molar-refractivity contribution in [3.63, 3.8) is 0 Å². The molecule has 0 fully saturated rings. The van der Waals surface area contributed by atoms with Gasteiger partial charge in [0, 0.05) is 36.3 Å². The molecule has 138 valence electrons. The maximum Gasteiger partial charge on any atom is 0.269 e. The fourth-order valence-corrected chi connectivity index (χ4v) is 2.70. The molecule has 6 nitrogen and oxygen atoms in total. The van der Waals surface area contributed by atoms with E-state index in [1.54, 1.807) is 36.8 Å². The summed E-state index contributed by atoms with van der Waals surface area (Å²) in [5.74, 6) is -0.599. The summed E-state index contributed by atoms with van der Waals surface area (Å²) >= 11 is 0. The zero-order valence-corrected chi connectivity index (χ0v) is 14.8. The molecule has 1 amide bonds. The van der Waals surface area contributed by atoms with Gasteiger partial charge in [-0.3, -0.25) is 19.9 Å². The van der Waals surface area contributed by atoms with Crippen LogP contribution in [-0.4, -0.2) is 26.1 Å². The van der Waals surface area contributed by atoms with Crippen LogP contribution in [0, 0.1) is 5.82 Å². The van der Waals surface area contributed by atoms with Crippen LogP contribution in [0.3, 0.4) is 0 Å². The number of carbonyl (C=O) groups excluding carboxylic acids is 1. The van der Waals surface area contributed by atoms with Gasteiger partial charge in [-0.05, 0) is 54.1 Å². The third-order valence-corrected chi connectivity index (χ3v) is 4.20. The summed E-state index contributed by atoms with van der Waals surface area (Å²) in [6, 6.07) is 15.2. The SMILES string of the molecule is O=C(NCc1ccc(-c2cccnc2)nc1)c1cc(-c2ccc(F)cc2)n[nH]1. The van der Waals surface area contributed by atoms with Crippen molar-refractivity contribution in [2.75, 3.05) is 0 Å². The first-order valence-corrected chi connectivity index (χ1v) is 8.64. The monoisotopic (exact) mass is 373 g/mol. The second kappa shape index (κ2) is 7.79. The standard InChI is InChI=1S/C21H16FN5O/c22-17-6-4-15(5-7-17)19-10-20(27-26-19)21(28)25-12-14-3-8-18(24-11-14)16-2-1-9-23-13-16/h1-11,13H,12H2,(H,25,28)(H,26,27). The zero-order chi connectivity index (χ0) is 19.3. The molecule has 4 rings (SSSR count). The number of hydrogen-bond donors (Lipinski definition) is 2. The van der Waals surface area contributed by atoms with E-state index in [-0.39, 0.29) is 11.7 Å². The van der Waals surface area contributed by atoms with E-state index in [9.17, 15) is 9.18 Å². The molecule has 0 bridgehead atoms. The van der Waals surface area contributed by atoms with E-state index in [2.05, 4.69) is 25.5 Å². The minimum absolute atomic E-state index is 0.280. The Morgan fingerprint density at radius 1 is 1.00 bits per heavy atom. The molecule has 4 aromatic rings. The fourth-order valence-electron chi connectivity index (χ4n) is 2.70. The third-order valence-electron chi connectivity index (χ3n) is 4.20. The maximum absolute atomic E-state index is 13.0. The van der Waals surface area contributed by atoms with Crippen LogP contribution < -0.4 is 5.32 Å². The molecule has 2 N–H and O–H groups in total. The van der Waals surface area contributed by atoms with E-state index < -0.39 is 0 Å². The predicted molar refractivity (Wildman–Crippen MR) is 103 cm³/mol. The van der Waals surface area contributed by atoms with Crippen LogP contribution >= 0.6 is 0 Å². The number of benzene rings is 1. The van der Waals surface area contributed by atoms with Crippen LogP contribution in [0.4, 0.5) is 4.39 Å². The summed E-state index contributed by atoms with van der Waals surface area (Å²) in [4.78, 5) is 20.8. The Bertz CT molecular complexity index is 1080. The number of aromatic amines is 1. The Balaban J connectivity index is 1.39. The number of carbonyl (C=O) groups is 1. The van der Waals surface area contributed by atoms with Crippen molar-refractivity contribution in [3.8, 4) is 22.5 Å². The van der Waals surface area contributed by atoms with E-state index >= 15 is 0 Å².